The van der Waals surface area contributed by atoms with Gasteiger partial charge in [-0.25, -0.2) is 14.4 Å². The maximum absolute atomic E-state index is 15.2. The number of ether oxygens (including phenoxy) is 1. The minimum absolute atomic E-state index is 0.0719. The van der Waals surface area contributed by atoms with Gasteiger partial charge in [-0.1, -0.05) is 11.6 Å². The van der Waals surface area contributed by atoms with Crippen LogP contribution in [0.2, 0.25) is 5.02 Å². The number of nitrogens with one attached hydrogen (secondary N) is 1. The average Bonchev–Trinajstić information content (AvgIpc) is 3.60. The van der Waals surface area contributed by atoms with Gasteiger partial charge in [-0.15, -0.1) is 0 Å². The van der Waals surface area contributed by atoms with Crippen LogP contribution < -0.4 is 15.8 Å². The largest absolute Gasteiger partial charge is 0.505 e. The number of hydrogen-bond donors (Lipinski definition) is 2. The van der Waals surface area contributed by atoms with E-state index in [-0.39, 0.29) is 45.3 Å². The number of nitrogens with zero attached hydrogens (tertiary/aromatic N) is 6. The standard InChI is InChI=1S/C31H32ClF2N7O4/c1-16-8-19(27(33)28(34)29(16)43)20-12-39(30-26(20)31(44)41-5-3-4-23(41)37-30)13-25(42)36-22-9-24(35-10-21(22)32)40-7-6-38(11-17(40)2)18-14-45-15-18/h8-10,12,17-18,43H,3-7,11,13-15H2,1-2H3,(H,35,36,42)/t17-/m0/s1. The van der Waals surface area contributed by atoms with Crippen molar-refractivity contribution in [2.24, 2.45) is 0 Å². The van der Waals surface area contributed by atoms with Gasteiger partial charge in [0.25, 0.3) is 5.56 Å². The van der Waals surface area contributed by atoms with Crippen LogP contribution in [0.25, 0.3) is 22.2 Å². The number of aromatic nitrogens is 4. The van der Waals surface area contributed by atoms with Gasteiger partial charge in [-0.2, -0.15) is 4.39 Å². The summed E-state index contributed by atoms with van der Waals surface area (Å²) in [6.45, 7) is 7.76. The highest BCUT2D eigenvalue weighted by atomic mass is 35.5. The van der Waals surface area contributed by atoms with Crippen LogP contribution in [0.5, 0.6) is 5.75 Å². The molecule has 11 nitrogen and oxygen atoms in total. The molecule has 0 spiro atoms. The van der Waals surface area contributed by atoms with Crippen molar-refractivity contribution in [1.29, 1.82) is 0 Å². The molecule has 0 saturated carbocycles. The third-order valence-electron chi connectivity index (χ3n) is 9.02. The SMILES string of the molecule is Cc1cc(-c2cn(CC(=O)Nc3cc(N4CCN(C5COC5)C[C@@H]4C)ncc3Cl)c3nc4n(c(=O)c23)CCC4)c(F)c(F)c1O. The molecule has 1 amide bonds. The zero-order chi connectivity index (χ0) is 31.6. The molecule has 3 aromatic heterocycles. The van der Waals surface area contributed by atoms with E-state index in [9.17, 15) is 19.1 Å². The molecular weight excluding hydrogens is 608 g/mol. The number of anilines is 2. The Morgan fingerprint density at radius 2 is 1.98 bits per heavy atom. The Morgan fingerprint density at radius 1 is 1.18 bits per heavy atom. The molecule has 2 fully saturated rings. The molecule has 3 aliphatic rings. The predicted octanol–water partition coefficient (Wildman–Crippen LogP) is 3.70. The molecule has 0 radical (unpaired) electrons. The van der Waals surface area contributed by atoms with Gasteiger partial charge in [0, 0.05) is 62.0 Å². The van der Waals surface area contributed by atoms with Gasteiger partial charge in [-0.05, 0) is 31.9 Å². The van der Waals surface area contributed by atoms with E-state index in [2.05, 4.69) is 32.0 Å². The van der Waals surface area contributed by atoms with Crippen molar-refractivity contribution in [1.82, 2.24) is 24.0 Å². The summed E-state index contributed by atoms with van der Waals surface area (Å²) in [6, 6.07) is 3.66. The van der Waals surface area contributed by atoms with Crippen molar-refractivity contribution in [3.05, 3.63) is 62.9 Å². The zero-order valence-electron chi connectivity index (χ0n) is 24.8. The second-order valence-corrected chi connectivity index (χ2v) is 12.4. The van der Waals surface area contributed by atoms with E-state index >= 15 is 4.39 Å². The van der Waals surface area contributed by atoms with Crippen LogP contribution in [-0.2, 0) is 29.0 Å². The van der Waals surface area contributed by atoms with Crippen LogP contribution in [0.4, 0.5) is 20.3 Å². The summed E-state index contributed by atoms with van der Waals surface area (Å²) in [5.41, 5.74) is 0.157. The quantitative estimate of drug-likeness (QED) is 0.328. The van der Waals surface area contributed by atoms with E-state index in [4.69, 9.17) is 16.3 Å². The fourth-order valence-electron chi connectivity index (χ4n) is 6.51. The predicted molar refractivity (Wildman–Crippen MR) is 165 cm³/mol. The van der Waals surface area contributed by atoms with Gasteiger partial charge < -0.3 is 24.6 Å². The Morgan fingerprint density at radius 3 is 2.71 bits per heavy atom. The van der Waals surface area contributed by atoms with E-state index < -0.39 is 28.9 Å². The molecule has 0 unspecified atom stereocenters. The van der Waals surface area contributed by atoms with Crippen molar-refractivity contribution in [3.63, 3.8) is 0 Å². The Bertz CT molecular complexity index is 1910. The van der Waals surface area contributed by atoms with Crippen LogP contribution in [-0.4, -0.2) is 79.9 Å². The fraction of sp³-hybridized carbons (Fsp3) is 0.419. The minimum Gasteiger partial charge on any atom is -0.505 e. The molecule has 4 aromatic rings. The highest BCUT2D eigenvalue weighted by molar-refractivity contribution is 6.33. The van der Waals surface area contributed by atoms with E-state index in [1.165, 1.54) is 34.5 Å². The summed E-state index contributed by atoms with van der Waals surface area (Å²) in [5, 5.41) is 13.1. The van der Waals surface area contributed by atoms with Gasteiger partial charge >= 0.3 is 0 Å². The van der Waals surface area contributed by atoms with Gasteiger partial charge in [0.15, 0.2) is 11.6 Å². The Balaban J connectivity index is 1.19. The molecule has 45 heavy (non-hydrogen) atoms. The number of phenols is 1. The Kier molecular flexibility index (Phi) is 7.49. The van der Waals surface area contributed by atoms with Gasteiger partial charge in [0.2, 0.25) is 11.7 Å². The van der Waals surface area contributed by atoms with Crippen LogP contribution >= 0.6 is 11.6 Å². The number of carbonyl (C=O) groups is 1. The van der Waals surface area contributed by atoms with Crippen LogP contribution in [0.1, 0.15) is 24.7 Å². The number of aryl methyl sites for hydroxylation is 2. The van der Waals surface area contributed by atoms with E-state index in [1.54, 1.807) is 6.07 Å². The lowest BCUT2D eigenvalue weighted by atomic mass is 10.0. The third kappa shape index (κ3) is 5.12. The highest BCUT2D eigenvalue weighted by Crippen LogP contribution is 2.36. The monoisotopic (exact) mass is 639 g/mol. The molecule has 0 bridgehead atoms. The van der Waals surface area contributed by atoms with E-state index in [1.807, 2.05) is 0 Å². The maximum Gasteiger partial charge on any atom is 0.263 e. The zero-order valence-corrected chi connectivity index (χ0v) is 25.6. The van der Waals surface area contributed by atoms with Crippen molar-refractivity contribution in [2.45, 2.75) is 51.9 Å². The first-order chi connectivity index (χ1) is 21.6. The number of benzene rings is 1. The number of halogens is 3. The molecule has 7 rings (SSSR count). The van der Waals surface area contributed by atoms with Gasteiger partial charge in [0.05, 0.1) is 41.5 Å². The number of fused-ring (bicyclic) bond motifs is 2. The molecule has 6 heterocycles. The van der Waals surface area contributed by atoms with E-state index in [0.29, 0.717) is 36.3 Å². The molecule has 1 aromatic carbocycles. The molecule has 14 heteroatoms. The number of phenolic OH excluding ortho intramolecular Hbond substituents is 1. The van der Waals surface area contributed by atoms with Crippen molar-refractivity contribution < 1.29 is 23.4 Å². The topological polar surface area (TPSA) is 118 Å². The normalized spacial score (nSPS) is 18.8. The first kappa shape index (κ1) is 29.6. The molecular formula is C31H32ClF2N7O4. The third-order valence-corrected chi connectivity index (χ3v) is 9.32. The van der Waals surface area contributed by atoms with E-state index in [0.717, 1.165) is 39.3 Å². The Labute approximate surface area is 262 Å². The van der Waals surface area contributed by atoms with Gasteiger partial charge in [-0.3, -0.25) is 19.1 Å². The number of piperazine rings is 1. The van der Waals surface area contributed by atoms with Crippen LogP contribution in [0.15, 0.2) is 29.3 Å². The number of hydrogen-bond acceptors (Lipinski definition) is 8. The molecule has 3 aliphatic heterocycles. The lowest BCUT2D eigenvalue weighted by Crippen LogP contribution is -2.59. The molecule has 2 N–H and O–H groups in total. The highest BCUT2D eigenvalue weighted by Gasteiger charge is 2.33. The lowest BCUT2D eigenvalue weighted by Gasteiger charge is -2.46. The van der Waals surface area contributed by atoms with Crippen molar-refractivity contribution >= 4 is 40.0 Å². The summed E-state index contributed by atoms with van der Waals surface area (Å²) < 4.78 is 38.1. The van der Waals surface area contributed by atoms with Crippen LogP contribution in [0.3, 0.4) is 0 Å². The first-order valence-corrected chi connectivity index (χ1v) is 15.3. The number of amides is 1. The summed E-state index contributed by atoms with van der Waals surface area (Å²) in [6.07, 6.45) is 4.23. The number of aromatic hydroxyl groups is 1. The summed E-state index contributed by atoms with van der Waals surface area (Å²) >= 11 is 6.45. The summed E-state index contributed by atoms with van der Waals surface area (Å²) in [4.78, 5) is 40.8. The molecule has 236 valence electrons. The van der Waals surface area contributed by atoms with Gasteiger partial charge in [0.1, 0.15) is 23.8 Å². The molecule has 2 saturated heterocycles. The first-order valence-electron chi connectivity index (χ1n) is 14.9. The second kappa shape index (κ2) is 11.4. The summed E-state index contributed by atoms with van der Waals surface area (Å²) in [7, 11) is 0. The van der Waals surface area contributed by atoms with Crippen LogP contribution in [0, 0.1) is 18.6 Å². The fourth-order valence-corrected chi connectivity index (χ4v) is 6.66. The number of carbonyl (C=O) groups excluding carboxylic acids is 1. The number of pyridine rings is 1. The average molecular weight is 640 g/mol. The van der Waals surface area contributed by atoms with Crippen molar-refractivity contribution in [2.75, 3.05) is 43.1 Å². The molecule has 1 atom stereocenters. The Hall–Kier alpha value is -4.07. The maximum atomic E-state index is 15.2. The molecule has 0 aliphatic carbocycles. The van der Waals surface area contributed by atoms with Crippen molar-refractivity contribution in [3.8, 4) is 16.9 Å². The smallest absolute Gasteiger partial charge is 0.263 e. The number of rotatable bonds is 6. The minimum atomic E-state index is -1.41. The summed E-state index contributed by atoms with van der Waals surface area (Å²) in [5.74, 6) is -2.71. The second-order valence-electron chi connectivity index (χ2n) is 12.0. The lowest BCUT2D eigenvalue weighted by molar-refractivity contribution is -0.116.